The van der Waals surface area contributed by atoms with E-state index in [-0.39, 0.29) is 17.8 Å². The zero-order chi connectivity index (χ0) is 21.3. The number of hydrogen-bond donors (Lipinski definition) is 0. The van der Waals surface area contributed by atoms with E-state index in [4.69, 9.17) is 16.9 Å². The summed E-state index contributed by atoms with van der Waals surface area (Å²) in [7, 11) is 0. The predicted molar refractivity (Wildman–Crippen MR) is 115 cm³/mol. The lowest BCUT2D eigenvalue weighted by atomic mass is 10.1. The minimum absolute atomic E-state index is 0.215. The molecule has 3 aromatic rings. The Kier molecular flexibility index (Phi) is 5.58. The summed E-state index contributed by atoms with van der Waals surface area (Å²) in [6.45, 7) is 4.25. The molecule has 152 valence electrons. The number of hydrogen-bond acceptors (Lipinski definition) is 4. The normalized spacial score (nSPS) is 13.2. The fraction of sp³-hybridized carbons (Fsp3) is 0.261. The van der Waals surface area contributed by atoms with E-state index < -0.39 is 0 Å². The molecule has 4 rings (SSSR count). The lowest BCUT2D eigenvalue weighted by Crippen LogP contribution is -2.42. The Morgan fingerprint density at radius 2 is 1.77 bits per heavy atom. The van der Waals surface area contributed by atoms with Crippen LogP contribution in [0.4, 0.5) is 0 Å². The molecule has 0 saturated heterocycles. The average Bonchev–Trinajstić information content (AvgIpc) is 3.16. The summed E-state index contributed by atoms with van der Waals surface area (Å²) in [6.07, 6.45) is 0. The van der Waals surface area contributed by atoms with E-state index in [0.717, 1.165) is 16.8 Å². The van der Waals surface area contributed by atoms with E-state index in [9.17, 15) is 9.59 Å². The van der Waals surface area contributed by atoms with Crippen LogP contribution in [0.2, 0.25) is 5.02 Å². The van der Waals surface area contributed by atoms with Crippen molar-refractivity contribution >= 4 is 11.6 Å². The van der Waals surface area contributed by atoms with E-state index >= 15 is 0 Å². The molecule has 0 spiro atoms. The fourth-order valence-electron chi connectivity index (χ4n) is 3.98. The molecule has 1 aliphatic heterocycles. The minimum Gasteiger partial charge on any atom is -0.296 e. The maximum atomic E-state index is 13.2. The van der Waals surface area contributed by atoms with Crippen LogP contribution >= 0.6 is 11.6 Å². The molecule has 0 bridgehead atoms. The molecular weight excluding hydrogens is 400 g/mol. The smallest absolute Gasteiger partial charge is 0.296 e. The number of fused-ring (bicyclic) bond motifs is 1. The van der Waals surface area contributed by atoms with Gasteiger partial charge in [-0.2, -0.15) is 5.26 Å². The number of nitrogens with zero attached hydrogens (tertiary/aromatic N) is 4. The van der Waals surface area contributed by atoms with Gasteiger partial charge in [0.05, 0.1) is 23.7 Å². The quantitative estimate of drug-likeness (QED) is 0.635. The van der Waals surface area contributed by atoms with Crippen LogP contribution in [0.25, 0.3) is 0 Å². The Bertz CT molecular complexity index is 1250. The number of aromatic nitrogens is 2. The SMILES string of the molecule is CCn1c2c(c(=O)n(Cc3ccc(Cl)cc3)c1=O)CN(Cc1cccc(C#N)c1)C2. The number of benzene rings is 2. The molecule has 0 amide bonds. The summed E-state index contributed by atoms with van der Waals surface area (Å²) in [5.74, 6) is 0. The molecule has 0 atom stereocenters. The van der Waals surface area contributed by atoms with Gasteiger partial charge in [-0.1, -0.05) is 35.9 Å². The van der Waals surface area contributed by atoms with Gasteiger partial charge in [0.1, 0.15) is 0 Å². The van der Waals surface area contributed by atoms with Gasteiger partial charge in [-0.05, 0) is 42.3 Å². The monoisotopic (exact) mass is 420 g/mol. The Labute approximate surface area is 179 Å². The summed E-state index contributed by atoms with van der Waals surface area (Å²) in [5.41, 5.74) is 3.41. The third kappa shape index (κ3) is 3.82. The average molecular weight is 421 g/mol. The molecule has 0 radical (unpaired) electrons. The van der Waals surface area contributed by atoms with Gasteiger partial charge in [0.2, 0.25) is 0 Å². The summed E-state index contributed by atoms with van der Waals surface area (Å²) in [5, 5.41) is 9.73. The fourth-order valence-corrected chi connectivity index (χ4v) is 4.10. The van der Waals surface area contributed by atoms with Crippen LogP contribution in [0.3, 0.4) is 0 Å². The highest BCUT2D eigenvalue weighted by molar-refractivity contribution is 6.30. The minimum atomic E-state index is -0.287. The molecule has 2 aromatic carbocycles. The van der Waals surface area contributed by atoms with Gasteiger partial charge in [0.25, 0.3) is 5.56 Å². The van der Waals surface area contributed by atoms with Gasteiger partial charge in [-0.15, -0.1) is 0 Å². The van der Waals surface area contributed by atoms with Gasteiger partial charge < -0.3 is 0 Å². The van der Waals surface area contributed by atoms with Crippen LogP contribution in [-0.2, 0) is 32.7 Å². The summed E-state index contributed by atoms with van der Waals surface area (Å²) < 4.78 is 3.00. The van der Waals surface area contributed by atoms with Crippen LogP contribution < -0.4 is 11.2 Å². The van der Waals surface area contributed by atoms with Crippen LogP contribution in [0.15, 0.2) is 58.1 Å². The highest BCUT2D eigenvalue weighted by Crippen LogP contribution is 2.21. The number of rotatable bonds is 5. The molecule has 0 saturated carbocycles. The number of halogens is 1. The molecule has 0 aliphatic carbocycles. The van der Waals surface area contributed by atoms with E-state index in [2.05, 4.69) is 11.0 Å². The first-order chi connectivity index (χ1) is 14.5. The summed E-state index contributed by atoms with van der Waals surface area (Å²) in [6, 6.07) is 16.8. The van der Waals surface area contributed by atoms with Crippen molar-refractivity contribution in [1.29, 1.82) is 5.26 Å². The van der Waals surface area contributed by atoms with E-state index in [1.807, 2.05) is 37.3 Å². The zero-order valence-electron chi connectivity index (χ0n) is 16.6. The van der Waals surface area contributed by atoms with Crippen molar-refractivity contribution in [2.75, 3.05) is 0 Å². The van der Waals surface area contributed by atoms with E-state index in [1.165, 1.54) is 4.57 Å². The van der Waals surface area contributed by atoms with Crippen molar-refractivity contribution in [3.05, 3.63) is 102 Å². The largest absolute Gasteiger partial charge is 0.331 e. The van der Waals surface area contributed by atoms with Crippen molar-refractivity contribution in [2.24, 2.45) is 0 Å². The van der Waals surface area contributed by atoms with Crippen molar-refractivity contribution < 1.29 is 0 Å². The molecular formula is C23H21ClN4O2. The second-order valence-electron chi connectivity index (χ2n) is 7.43. The molecule has 2 heterocycles. The third-order valence-electron chi connectivity index (χ3n) is 5.43. The molecule has 1 aromatic heterocycles. The van der Waals surface area contributed by atoms with Crippen molar-refractivity contribution in [2.45, 2.75) is 39.6 Å². The Morgan fingerprint density at radius 1 is 1.00 bits per heavy atom. The summed E-state index contributed by atoms with van der Waals surface area (Å²) >= 11 is 5.95. The first kappa shape index (κ1) is 20.1. The maximum Gasteiger partial charge on any atom is 0.331 e. The molecule has 30 heavy (non-hydrogen) atoms. The lowest BCUT2D eigenvalue weighted by molar-refractivity contribution is 0.271. The van der Waals surface area contributed by atoms with Crippen molar-refractivity contribution in [3.8, 4) is 6.07 Å². The van der Waals surface area contributed by atoms with Crippen LogP contribution in [0.1, 0.15) is 34.9 Å². The Hall–Kier alpha value is -3.14. The molecule has 1 aliphatic rings. The van der Waals surface area contributed by atoms with Gasteiger partial charge in [-0.3, -0.25) is 18.8 Å². The molecule has 7 heteroatoms. The van der Waals surface area contributed by atoms with Crippen LogP contribution in [0.5, 0.6) is 0 Å². The third-order valence-corrected chi connectivity index (χ3v) is 5.68. The molecule has 6 nitrogen and oxygen atoms in total. The zero-order valence-corrected chi connectivity index (χ0v) is 17.4. The molecule has 0 N–H and O–H groups in total. The van der Waals surface area contributed by atoms with Crippen LogP contribution in [-0.4, -0.2) is 14.0 Å². The topological polar surface area (TPSA) is 71.0 Å². The lowest BCUT2D eigenvalue weighted by Gasteiger charge is -2.15. The van der Waals surface area contributed by atoms with Crippen molar-refractivity contribution in [1.82, 2.24) is 14.0 Å². The van der Waals surface area contributed by atoms with Gasteiger partial charge >= 0.3 is 5.69 Å². The molecule has 0 unspecified atom stereocenters. The first-order valence-corrected chi connectivity index (χ1v) is 10.2. The standard InChI is InChI=1S/C23H21ClN4O2/c1-2-27-21-15-26(12-18-5-3-4-17(10-18)11-25)14-20(21)22(29)28(23(27)30)13-16-6-8-19(24)9-7-16/h3-10H,2,12-15H2,1H3. The second-order valence-corrected chi connectivity index (χ2v) is 7.86. The number of nitriles is 1. The highest BCUT2D eigenvalue weighted by atomic mass is 35.5. The highest BCUT2D eigenvalue weighted by Gasteiger charge is 2.27. The molecule has 0 fully saturated rings. The maximum absolute atomic E-state index is 13.2. The Balaban J connectivity index is 1.67. The van der Waals surface area contributed by atoms with Gasteiger partial charge in [0, 0.05) is 36.9 Å². The first-order valence-electron chi connectivity index (χ1n) is 9.81. The van der Waals surface area contributed by atoms with Crippen LogP contribution in [0, 0.1) is 11.3 Å². The van der Waals surface area contributed by atoms with E-state index in [1.54, 1.807) is 22.8 Å². The van der Waals surface area contributed by atoms with Crippen molar-refractivity contribution in [3.63, 3.8) is 0 Å². The van der Waals surface area contributed by atoms with Gasteiger partial charge in [-0.25, -0.2) is 4.79 Å². The Morgan fingerprint density at radius 3 is 2.47 bits per heavy atom. The second kappa shape index (κ2) is 8.31. The summed E-state index contributed by atoms with van der Waals surface area (Å²) in [4.78, 5) is 28.3. The van der Waals surface area contributed by atoms with E-state index in [0.29, 0.717) is 42.3 Å². The predicted octanol–water partition coefficient (Wildman–Crippen LogP) is 3.12. The van der Waals surface area contributed by atoms with Gasteiger partial charge in [0.15, 0.2) is 0 Å².